The first kappa shape index (κ1) is 43.7. The van der Waals surface area contributed by atoms with Gasteiger partial charge in [0, 0.05) is 29.8 Å². The van der Waals surface area contributed by atoms with Crippen molar-refractivity contribution in [3.05, 3.63) is 0 Å². The van der Waals surface area contributed by atoms with E-state index < -0.39 is 17.5 Å². The van der Waals surface area contributed by atoms with Crippen LogP contribution in [0.25, 0.3) is 0 Å². The van der Waals surface area contributed by atoms with Gasteiger partial charge in [0.05, 0.1) is 5.60 Å². The first-order valence-corrected chi connectivity index (χ1v) is 16.5. The van der Waals surface area contributed by atoms with E-state index in [0.717, 1.165) is 51.2 Å². The topological polar surface area (TPSA) is 102 Å². The zero-order valence-electron chi connectivity index (χ0n) is 26.6. The number of fused-ring (bicyclic) bond motifs is 2. The summed E-state index contributed by atoms with van der Waals surface area (Å²) in [5.74, 6) is 0.556. The molecule has 2 N–H and O–H groups in total. The van der Waals surface area contributed by atoms with Crippen LogP contribution in [0.2, 0.25) is 0 Å². The van der Waals surface area contributed by atoms with Gasteiger partial charge in [0.15, 0.2) is 28.8 Å². The lowest BCUT2D eigenvalue weighted by Crippen LogP contribution is -2.30. The quantitative estimate of drug-likeness (QED) is 0.0569. The lowest BCUT2D eigenvalue weighted by atomic mass is 9.85. The zero-order chi connectivity index (χ0) is 31.3. The summed E-state index contributed by atoms with van der Waals surface area (Å²) in [4.78, 5) is 21.5. The van der Waals surface area contributed by atoms with Gasteiger partial charge in [-0.15, -0.1) is 0 Å². The van der Waals surface area contributed by atoms with E-state index in [9.17, 15) is 14.7 Å². The standard InChI is InChI=1S/C10H13IO4.C10H22O2.C4H9I.C4H10O.C2H6/c11-15-10(13)14-9-5-6-3-7(1-2-12)8(9)4-6;1-4-6-7-9-10(11,12-3)8-5-2;2*1-4(2,3)5;1-2/h2,6-9H,1,3-5H2;11H,4-9H2,1-3H3;1-3H3;5H,1-3H3;1-2H3. The SMILES string of the molecule is CC.CC(C)(C)I.CC(C)(C)O.CCCCCC(O)(CCC)OC.O=CCC1CC2CC(OC(=O)OI)C1C2. The molecule has 2 aliphatic carbocycles. The number of methoxy groups -OCH3 is 1. The van der Waals surface area contributed by atoms with Crippen LogP contribution in [-0.2, 0) is 17.3 Å². The molecule has 0 aliphatic heterocycles. The number of carbonyl (C=O) groups is 2. The molecule has 0 aromatic rings. The van der Waals surface area contributed by atoms with Crippen molar-refractivity contribution < 1.29 is 32.3 Å². The number of hydrogen-bond acceptors (Lipinski definition) is 7. The molecule has 9 heteroatoms. The molecule has 5 atom stereocenters. The van der Waals surface area contributed by atoms with E-state index in [4.69, 9.17) is 14.6 Å². The van der Waals surface area contributed by atoms with E-state index >= 15 is 0 Å². The van der Waals surface area contributed by atoms with E-state index in [0.29, 0.717) is 27.6 Å². The number of halogens is 2. The van der Waals surface area contributed by atoms with E-state index in [2.05, 4.69) is 60.3 Å². The van der Waals surface area contributed by atoms with Crippen molar-refractivity contribution >= 4 is 58.0 Å². The summed E-state index contributed by atoms with van der Waals surface area (Å²) in [6.07, 6.45) is 9.97. The summed E-state index contributed by atoms with van der Waals surface area (Å²) in [5, 5.41) is 18.3. The first-order valence-electron chi connectivity index (χ1n) is 14.5. The molecule has 0 aromatic heterocycles. The van der Waals surface area contributed by atoms with Gasteiger partial charge in [-0.25, -0.2) is 4.79 Å². The largest absolute Gasteiger partial charge is 0.518 e. The summed E-state index contributed by atoms with van der Waals surface area (Å²) < 4.78 is 15.2. The Bertz CT molecular complexity index is 581. The van der Waals surface area contributed by atoms with Gasteiger partial charge in [-0.2, -0.15) is 0 Å². The van der Waals surface area contributed by atoms with Gasteiger partial charge in [0.1, 0.15) is 12.4 Å². The maximum Gasteiger partial charge on any atom is 0.518 e. The van der Waals surface area contributed by atoms with Crippen LogP contribution in [0.1, 0.15) is 133 Å². The maximum absolute atomic E-state index is 11.0. The highest BCUT2D eigenvalue weighted by molar-refractivity contribution is 14.1. The van der Waals surface area contributed by atoms with Crippen LogP contribution in [0.4, 0.5) is 4.79 Å². The Morgan fingerprint density at radius 1 is 0.949 bits per heavy atom. The molecule has 0 saturated heterocycles. The van der Waals surface area contributed by atoms with Gasteiger partial charge < -0.3 is 27.5 Å². The second kappa shape index (κ2) is 23.8. The smallest absolute Gasteiger partial charge is 0.430 e. The second-order valence-electron chi connectivity index (χ2n) is 12.0. The van der Waals surface area contributed by atoms with Crippen LogP contribution >= 0.6 is 45.6 Å². The Morgan fingerprint density at radius 2 is 1.46 bits per heavy atom. The summed E-state index contributed by atoms with van der Waals surface area (Å²) in [6, 6.07) is 0. The van der Waals surface area contributed by atoms with Crippen LogP contribution in [-0.4, -0.2) is 50.7 Å². The number of ether oxygens (including phenoxy) is 2. The van der Waals surface area contributed by atoms with Crippen LogP contribution in [0.15, 0.2) is 0 Å². The first-order chi connectivity index (χ1) is 17.9. The molecule has 39 heavy (non-hydrogen) atoms. The molecule has 2 saturated carbocycles. The third-order valence-electron chi connectivity index (χ3n) is 5.79. The Labute approximate surface area is 268 Å². The fourth-order valence-electron chi connectivity index (χ4n) is 4.47. The zero-order valence-corrected chi connectivity index (χ0v) is 31.0. The minimum Gasteiger partial charge on any atom is -0.430 e. The minimum absolute atomic E-state index is 0.0315. The van der Waals surface area contributed by atoms with Gasteiger partial charge >= 0.3 is 6.16 Å². The number of hydrogen-bond donors (Lipinski definition) is 2. The number of aldehydes is 1. The van der Waals surface area contributed by atoms with Gasteiger partial charge in [-0.3, -0.25) is 0 Å². The van der Waals surface area contributed by atoms with Crippen molar-refractivity contribution in [1.82, 2.24) is 0 Å². The summed E-state index contributed by atoms with van der Waals surface area (Å²) in [7, 11) is 1.58. The van der Waals surface area contributed by atoms with Crippen LogP contribution in [0.3, 0.4) is 0 Å². The highest BCUT2D eigenvalue weighted by atomic mass is 127. The van der Waals surface area contributed by atoms with Crippen molar-refractivity contribution in [2.24, 2.45) is 17.8 Å². The van der Waals surface area contributed by atoms with Crippen LogP contribution in [0, 0.1) is 17.8 Å². The molecule has 236 valence electrons. The Hall–Kier alpha value is 0.280. The Balaban J connectivity index is -0.000000481. The molecule has 0 amide bonds. The van der Waals surface area contributed by atoms with Crippen molar-refractivity contribution in [2.75, 3.05) is 7.11 Å². The highest BCUT2D eigenvalue weighted by Crippen LogP contribution is 2.50. The van der Waals surface area contributed by atoms with E-state index in [1.54, 1.807) is 27.9 Å². The summed E-state index contributed by atoms with van der Waals surface area (Å²) in [5.41, 5.74) is -0.500. The minimum atomic E-state index is -0.857. The van der Waals surface area contributed by atoms with Crippen molar-refractivity contribution in [2.45, 2.75) is 154 Å². The maximum atomic E-state index is 11.0. The molecule has 7 nitrogen and oxygen atoms in total. The second-order valence-corrected chi connectivity index (χ2v) is 15.7. The molecular formula is C30H60I2O7. The van der Waals surface area contributed by atoms with Crippen molar-refractivity contribution in [3.63, 3.8) is 0 Å². The van der Waals surface area contributed by atoms with Gasteiger partial charge in [-0.1, -0.05) is 90.3 Å². The van der Waals surface area contributed by atoms with Gasteiger partial charge in [0.25, 0.3) is 0 Å². The number of alkyl halides is 1. The number of rotatable bonds is 10. The summed E-state index contributed by atoms with van der Waals surface area (Å²) >= 11 is 3.90. The molecule has 0 radical (unpaired) electrons. The van der Waals surface area contributed by atoms with E-state index in [1.165, 1.54) is 35.8 Å². The third kappa shape index (κ3) is 28.2. The molecule has 0 spiro atoms. The molecule has 2 bridgehead atoms. The predicted molar refractivity (Wildman–Crippen MR) is 178 cm³/mol. The summed E-state index contributed by atoms with van der Waals surface area (Å²) in [6.45, 7) is 20.0. The lowest BCUT2D eigenvalue weighted by Gasteiger charge is -2.27. The molecule has 5 unspecified atom stereocenters. The molecule has 2 aliphatic rings. The van der Waals surface area contributed by atoms with Crippen molar-refractivity contribution in [3.8, 4) is 0 Å². The molecular weight excluding hydrogens is 726 g/mol. The highest BCUT2D eigenvalue weighted by Gasteiger charge is 2.47. The van der Waals surface area contributed by atoms with Crippen LogP contribution in [0.5, 0.6) is 0 Å². The third-order valence-corrected chi connectivity index (χ3v) is 6.15. The normalized spacial score (nSPS) is 22.6. The van der Waals surface area contributed by atoms with Crippen molar-refractivity contribution in [1.29, 1.82) is 0 Å². The Morgan fingerprint density at radius 3 is 1.82 bits per heavy atom. The molecule has 2 fully saturated rings. The van der Waals surface area contributed by atoms with Crippen LogP contribution < -0.4 is 0 Å². The predicted octanol–water partition coefficient (Wildman–Crippen LogP) is 9.22. The van der Waals surface area contributed by atoms with Gasteiger partial charge in [0.2, 0.25) is 0 Å². The fraction of sp³-hybridized carbons (Fsp3) is 0.933. The monoisotopic (exact) mass is 786 g/mol. The lowest BCUT2D eigenvalue weighted by molar-refractivity contribution is -0.194. The van der Waals surface area contributed by atoms with E-state index in [-0.39, 0.29) is 6.10 Å². The molecule has 0 aromatic carbocycles. The average Bonchev–Trinajstić information content (AvgIpc) is 3.39. The number of unbranched alkanes of at least 4 members (excludes halogenated alkanes) is 2. The number of aliphatic hydroxyl groups is 2. The number of carbonyl (C=O) groups excluding carboxylic acids is 2. The van der Waals surface area contributed by atoms with E-state index in [1.807, 2.05) is 13.8 Å². The molecule has 0 heterocycles. The average molecular weight is 787 g/mol. The fourth-order valence-corrected chi connectivity index (χ4v) is 4.57. The Kier molecular flexibility index (Phi) is 26.7. The van der Waals surface area contributed by atoms with Gasteiger partial charge in [-0.05, 0) is 64.2 Å². The molecule has 2 rings (SSSR count).